The van der Waals surface area contributed by atoms with Crippen molar-refractivity contribution in [1.29, 1.82) is 0 Å². The summed E-state index contributed by atoms with van der Waals surface area (Å²) in [4.78, 5) is 10.1. The first kappa shape index (κ1) is 25.7. The fraction of sp³-hybridized carbons (Fsp3) is 0.231. The minimum atomic E-state index is -3.59. The van der Waals surface area contributed by atoms with Gasteiger partial charge >= 0.3 is 0 Å². The molecule has 0 saturated carbocycles. The molecule has 0 spiro atoms. The Labute approximate surface area is 215 Å². The molecule has 36 heavy (non-hydrogen) atoms. The molecule has 188 valence electrons. The Hall–Kier alpha value is -3.40. The Balaban J connectivity index is 1.80. The highest BCUT2D eigenvalue weighted by Gasteiger charge is 2.21. The van der Waals surface area contributed by atoms with Crippen molar-refractivity contribution in [2.75, 3.05) is 40.6 Å². The minimum Gasteiger partial charge on any atom is -0.495 e. The van der Waals surface area contributed by atoms with Gasteiger partial charge in [0.2, 0.25) is 15.0 Å². The molecule has 8 nitrogen and oxygen atoms in total. The Morgan fingerprint density at radius 3 is 2.47 bits per heavy atom. The van der Waals surface area contributed by atoms with Crippen LogP contribution in [0.15, 0.2) is 70.4 Å². The van der Waals surface area contributed by atoms with Gasteiger partial charge in [0.05, 0.1) is 12.1 Å². The lowest BCUT2D eigenvalue weighted by atomic mass is 10.0. The SMILES string of the molecule is COc1cccc(-c2cc(-c3ccnc(S(C)(=O)=O)n3)oc2-c2ccc(OCCN(C)C)cc2)c1Cl. The van der Waals surface area contributed by atoms with Gasteiger partial charge in [-0.15, -0.1) is 0 Å². The van der Waals surface area contributed by atoms with Crippen molar-refractivity contribution in [3.63, 3.8) is 0 Å². The lowest BCUT2D eigenvalue weighted by Gasteiger charge is -2.11. The van der Waals surface area contributed by atoms with E-state index in [4.69, 9.17) is 25.5 Å². The maximum Gasteiger partial charge on any atom is 0.247 e. The molecular weight excluding hydrogens is 502 g/mol. The highest BCUT2D eigenvalue weighted by Crippen LogP contribution is 2.43. The lowest BCUT2D eigenvalue weighted by Crippen LogP contribution is -2.19. The van der Waals surface area contributed by atoms with E-state index >= 15 is 0 Å². The fourth-order valence-corrected chi connectivity index (χ4v) is 4.33. The number of hydrogen-bond donors (Lipinski definition) is 0. The van der Waals surface area contributed by atoms with E-state index in [2.05, 4.69) is 9.97 Å². The number of benzene rings is 2. The van der Waals surface area contributed by atoms with Gasteiger partial charge in [0.15, 0.2) is 5.76 Å². The summed E-state index contributed by atoms with van der Waals surface area (Å²) < 4.78 is 41.4. The van der Waals surface area contributed by atoms with Crippen molar-refractivity contribution in [2.24, 2.45) is 0 Å². The smallest absolute Gasteiger partial charge is 0.247 e. The van der Waals surface area contributed by atoms with Crippen LogP contribution in [0, 0.1) is 0 Å². The highest BCUT2D eigenvalue weighted by molar-refractivity contribution is 7.90. The zero-order valence-corrected chi connectivity index (χ0v) is 21.9. The van der Waals surface area contributed by atoms with Gasteiger partial charge in [-0.25, -0.2) is 18.4 Å². The van der Waals surface area contributed by atoms with Crippen LogP contribution < -0.4 is 9.47 Å². The summed E-state index contributed by atoms with van der Waals surface area (Å²) in [6.07, 6.45) is 2.45. The van der Waals surface area contributed by atoms with Crippen molar-refractivity contribution in [2.45, 2.75) is 5.16 Å². The first-order valence-electron chi connectivity index (χ1n) is 11.1. The zero-order valence-electron chi connectivity index (χ0n) is 20.4. The van der Waals surface area contributed by atoms with Crippen molar-refractivity contribution >= 4 is 21.4 Å². The van der Waals surface area contributed by atoms with Crippen LogP contribution in [-0.4, -0.2) is 63.9 Å². The standard InChI is InChI=1S/C26H26ClN3O5S/c1-30(2)14-15-34-18-10-8-17(9-11-18)25-20(19-6-5-7-22(33-3)24(19)27)16-23(35-25)21-12-13-28-26(29-21)36(4,31)32/h5-13,16H,14-15H2,1-4H3. The van der Waals surface area contributed by atoms with Crippen molar-refractivity contribution in [1.82, 2.24) is 14.9 Å². The summed E-state index contributed by atoms with van der Waals surface area (Å²) in [5.41, 5.74) is 2.52. The van der Waals surface area contributed by atoms with Gasteiger partial charge in [-0.2, -0.15) is 0 Å². The number of methoxy groups -OCH3 is 1. The van der Waals surface area contributed by atoms with Crippen LogP contribution in [-0.2, 0) is 9.84 Å². The molecule has 0 fully saturated rings. The number of aromatic nitrogens is 2. The number of rotatable bonds is 9. The molecule has 0 aliphatic rings. The van der Waals surface area contributed by atoms with Crippen molar-refractivity contribution in [3.8, 4) is 45.4 Å². The third-order valence-electron chi connectivity index (χ3n) is 5.35. The van der Waals surface area contributed by atoms with E-state index in [0.29, 0.717) is 45.7 Å². The van der Waals surface area contributed by atoms with Crippen LogP contribution in [0.3, 0.4) is 0 Å². The monoisotopic (exact) mass is 527 g/mol. The van der Waals surface area contributed by atoms with E-state index < -0.39 is 9.84 Å². The van der Waals surface area contributed by atoms with Crippen LogP contribution >= 0.6 is 11.6 Å². The highest BCUT2D eigenvalue weighted by atomic mass is 35.5. The largest absolute Gasteiger partial charge is 0.495 e. The third kappa shape index (κ3) is 5.70. The van der Waals surface area contributed by atoms with E-state index in [1.807, 2.05) is 55.4 Å². The quantitative estimate of drug-likeness (QED) is 0.278. The number of nitrogens with zero attached hydrogens (tertiary/aromatic N) is 3. The number of ether oxygens (including phenoxy) is 2. The molecule has 10 heteroatoms. The molecule has 4 aromatic rings. The van der Waals surface area contributed by atoms with Crippen LogP contribution in [0.4, 0.5) is 0 Å². The molecule has 2 heterocycles. The molecular formula is C26H26ClN3O5S. The molecule has 4 rings (SSSR count). The van der Waals surface area contributed by atoms with Crippen LogP contribution in [0.2, 0.25) is 5.02 Å². The molecule has 0 atom stereocenters. The van der Waals surface area contributed by atoms with E-state index in [1.54, 1.807) is 25.3 Å². The second-order valence-electron chi connectivity index (χ2n) is 8.35. The summed E-state index contributed by atoms with van der Waals surface area (Å²) in [6, 6.07) is 16.4. The number of likely N-dealkylation sites (N-methyl/N-ethyl adjacent to an activating group) is 1. The normalized spacial score (nSPS) is 11.6. The van der Waals surface area contributed by atoms with Crippen LogP contribution in [0.1, 0.15) is 0 Å². The molecule has 0 unspecified atom stereocenters. The first-order chi connectivity index (χ1) is 17.2. The van der Waals surface area contributed by atoms with Gasteiger partial charge in [-0.3, -0.25) is 0 Å². The molecule has 0 aliphatic heterocycles. The zero-order chi connectivity index (χ0) is 25.9. The Bertz CT molecular complexity index is 1470. The maximum absolute atomic E-state index is 12.0. The molecule has 0 N–H and O–H groups in total. The summed E-state index contributed by atoms with van der Waals surface area (Å²) in [5, 5.41) is 0.148. The molecule has 0 aliphatic carbocycles. The second kappa shape index (κ2) is 10.7. The van der Waals surface area contributed by atoms with Gasteiger partial charge < -0.3 is 18.8 Å². The second-order valence-corrected chi connectivity index (χ2v) is 10.6. The predicted molar refractivity (Wildman–Crippen MR) is 139 cm³/mol. The molecule has 0 bridgehead atoms. The fourth-order valence-electron chi connectivity index (χ4n) is 3.51. The van der Waals surface area contributed by atoms with Gasteiger partial charge in [-0.1, -0.05) is 23.7 Å². The molecule has 0 amide bonds. The maximum atomic E-state index is 12.0. The van der Waals surface area contributed by atoms with E-state index in [9.17, 15) is 8.42 Å². The Morgan fingerprint density at radius 2 is 1.81 bits per heavy atom. The first-order valence-corrected chi connectivity index (χ1v) is 13.3. The van der Waals surface area contributed by atoms with Crippen molar-refractivity contribution < 1.29 is 22.3 Å². The average molecular weight is 528 g/mol. The lowest BCUT2D eigenvalue weighted by molar-refractivity contribution is 0.261. The van der Waals surface area contributed by atoms with Gasteiger partial charge in [-0.05, 0) is 56.6 Å². The Kier molecular flexibility index (Phi) is 7.63. The number of hydrogen-bond acceptors (Lipinski definition) is 8. The molecule has 0 radical (unpaired) electrons. The summed E-state index contributed by atoms with van der Waals surface area (Å²) in [6.45, 7) is 1.37. The number of furan rings is 1. The molecule has 2 aromatic heterocycles. The Morgan fingerprint density at radius 1 is 1.06 bits per heavy atom. The van der Waals surface area contributed by atoms with Crippen LogP contribution in [0.25, 0.3) is 33.9 Å². The van der Waals surface area contributed by atoms with Crippen molar-refractivity contribution in [3.05, 3.63) is 65.8 Å². The summed E-state index contributed by atoms with van der Waals surface area (Å²) in [7, 11) is 1.94. The third-order valence-corrected chi connectivity index (χ3v) is 6.60. The van der Waals surface area contributed by atoms with E-state index in [0.717, 1.165) is 24.1 Å². The topological polar surface area (TPSA) is 94.8 Å². The van der Waals surface area contributed by atoms with Crippen LogP contribution in [0.5, 0.6) is 11.5 Å². The minimum absolute atomic E-state index is 0.280. The van der Waals surface area contributed by atoms with E-state index in [1.165, 1.54) is 6.20 Å². The number of halogens is 1. The predicted octanol–water partition coefficient (Wildman–Crippen LogP) is 5.08. The average Bonchev–Trinajstić information content (AvgIpc) is 3.29. The van der Waals surface area contributed by atoms with Gasteiger partial charge in [0, 0.05) is 35.7 Å². The van der Waals surface area contributed by atoms with E-state index in [-0.39, 0.29) is 5.16 Å². The number of sulfone groups is 1. The van der Waals surface area contributed by atoms with Gasteiger partial charge in [0.25, 0.3) is 0 Å². The van der Waals surface area contributed by atoms with Gasteiger partial charge in [0.1, 0.15) is 29.6 Å². The molecule has 0 saturated heterocycles. The summed E-state index contributed by atoms with van der Waals surface area (Å²) in [5.74, 6) is 2.17. The summed E-state index contributed by atoms with van der Waals surface area (Å²) >= 11 is 6.66. The molecule has 2 aromatic carbocycles.